The molecule has 1 saturated heterocycles. The molecule has 29 heavy (non-hydrogen) atoms. The average Bonchev–Trinajstić information content (AvgIpc) is 3.35. The number of piperidine rings is 1. The van der Waals surface area contributed by atoms with E-state index in [1.165, 1.54) is 12.1 Å². The van der Waals surface area contributed by atoms with Crippen LogP contribution in [0.2, 0.25) is 0 Å². The molecule has 2 atom stereocenters. The second-order valence-corrected chi connectivity index (χ2v) is 7.64. The van der Waals surface area contributed by atoms with Crippen LogP contribution >= 0.6 is 24.8 Å². The fourth-order valence-electron chi connectivity index (χ4n) is 4.54. The molecule has 0 aliphatic carbocycles. The van der Waals surface area contributed by atoms with Gasteiger partial charge in [0.15, 0.2) is 0 Å². The molecule has 2 bridgehead atoms. The molecule has 9 heteroatoms. The number of aromatic nitrogens is 5. The average molecular weight is 437 g/mol. The fraction of sp³-hybridized carbons (Fsp3) is 0.450. The molecule has 3 aromatic rings. The van der Waals surface area contributed by atoms with Crippen molar-refractivity contribution in [3.05, 3.63) is 59.3 Å². The molecule has 2 aliphatic rings. The summed E-state index contributed by atoms with van der Waals surface area (Å²) >= 11 is 0. The van der Waals surface area contributed by atoms with Crippen LogP contribution in [-0.2, 0) is 19.6 Å². The molecule has 0 radical (unpaired) electrons. The van der Waals surface area contributed by atoms with Crippen LogP contribution in [0.4, 0.5) is 0 Å². The van der Waals surface area contributed by atoms with Crippen molar-refractivity contribution in [2.45, 2.75) is 38.4 Å². The van der Waals surface area contributed by atoms with Crippen molar-refractivity contribution in [2.75, 3.05) is 13.1 Å². The lowest BCUT2D eigenvalue weighted by atomic mass is 9.84. The molecule has 5 rings (SSSR count). The molecular weight excluding hydrogens is 411 g/mol. The summed E-state index contributed by atoms with van der Waals surface area (Å²) < 4.78 is 6.16. The van der Waals surface area contributed by atoms with Crippen molar-refractivity contribution in [1.82, 2.24) is 29.0 Å². The third-order valence-electron chi connectivity index (χ3n) is 5.84. The molecule has 3 aromatic heterocycles. The maximum Gasteiger partial charge on any atom is 0.261 e. The Morgan fingerprint density at radius 2 is 2.00 bits per heavy atom. The van der Waals surface area contributed by atoms with Gasteiger partial charge in [0.2, 0.25) is 0 Å². The van der Waals surface area contributed by atoms with Gasteiger partial charge in [0.1, 0.15) is 5.82 Å². The van der Waals surface area contributed by atoms with Crippen LogP contribution in [0.1, 0.15) is 24.5 Å². The highest BCUT2D eigenvalue weighted by Gasteiger charge is 2.31. The number of halogens is 2. The summed E-state index contributed by atoms with van der Waals surface area (Å²) in [6, 6.07) is 4.10. The van der Waals surface area contributed by atoms with Gasteiger partial charge in [-0.15, -0.1) is 24.8 Å². The van der Waals surface area contributed by atoms with E-state index in [2.05, 4.69) is 30.5 Å². The van der Waals surface area contributed by atoms with E-state index in [0.717, 1.165) is 45.0 Å². The lowest BCUT2D eigenvalue weighted by molar-refractivity contribution is 0.257. The molecular formula is C20H26Cl2N6O. The summed E-state index contributed by atoms with van der Waals surface area (Å²) in [5.41, 5.74) is 1.98. The van der Waals surface area contributed by atoms with Crippen molar-refractivity contribution in [2.24, 2.45) is 5.92 Å². The molecule has 0 saturated carbocycles. The Balaban J connectivity index is 0.00000120. The van der Waals surface area contributed by atoms with Crippen molar-refractivity contribution < 1.29 is 0 Å². The minimum Gasteiger partial charge on any atom is -0.337 e. The van der Waals surface area contributed by atoms with E-state index >= 15 is 0 Å². The topological polar surface area (TPSA) is 69.7 Å². The molecule has 0 spiro atoms. The minimum absolute atomic E-state index is 0. The Labute approximate surface area is 182 Å². The van der Waals surface area contributed by atoms with E-state index in [9.17, 15) is 4.79 Å². The van der Waals surface area contributed by atoms with Crippen molar-refractivity contribution in [1.29, 1.82) is 0 Å². The van der Waals surface area contributed by atoms with Crippen molar-refractivity contribution in [3.63, 3.8) is 0 Å². The van der Waals surface area contributed by atoms with Gasteiger partial charge in [-0.2, -0.15) is 0 Å². The Morgan fingerprint density at radius 3 is 2.83 bits per heavy atom. The molecule has 5 heterocycles. The van der Waals surface area contributed by atoms with E-state index in [-0.39, 0.29) is 30.4 Å². The maximum atomic E-state index is 13.2. The summed E-state index contributed by atoms with van der Waals surface area (Å²) in [6.07, 6.45) is 11.5. The predicted octanol–water partition coefficient (Wildman–Crippen LogP) is 2.55. The standard InChI is InChI=1S/C20H24N6O.2ClH/c27-20-17(2-3-18-16-10-15(11-22-12-16)13-26(18)20)19-23-5-9-25(19)7-1-6-24-8-4-21-14-24;;/h2-5,8-9,14-16,22H,1,6-7,10-13H2;2*1H/t15-,16+;;/m0../s1. The lowest BCUT2D eigenvalue weighted by Gasteiger charge is -2.37. The summed E-state index contributed by atoms with van der Waals surface area (Å²) in [7, 11) is 0. The van der Waals surface area contributed by atoms with E-state index in [0.29, 0.717) is 17.4 Å². The maximum absolute atomic E-state index is 13.2. The highest BCUT2D eigenvalue weighted by atomic mass is 35.5. The molecule has 1 N–H and O–H groups in total. The smallest absolute Gasteiger partial charge is 0.261 e. The summed E-state index contributed by atoms with van der Waals surface area (Å²) in [5.74, 6) is 1.78. The van der Waals surface area contributed by atoms with Crippen LogP contribution in [0.15, 0.2) is 48.0 Å². The number of imidazole rings is 2. The van der Waals surface area contributed by atoms with Gasteiger partial charge >= 0.3 is 0 Å². The van der Waals surface area contributed by atoms with Gasteiger partial charge in [-0.3, -0.25) is 4.79 Å². The van der Waals surface area contributed by atoms with Gasteiger partial charge in [-0.1, -0.05) is 0 Å². The monoisotopic (exact) mass is 436 g/mol. The second kappa shape index (κ2) is 9.15. The zero-order valence-corrected chi connectivity index (χ0v) is 17.7. The van der Waals surface area contributed by atoms with Gasteiger partial charge in [0.05, 0.1) is 11.9 Å². The molecule has 156 valence electrons. The minimum atomic E-state index is 0. The highest BCUT2D eigenvalue weighted by Crippen LogP contribution is 2.32. The number of hydrogen-bond donors (Lipinski definition) is 1. The summed E-state index contributed by atoms with van der Waals surface area (Å²) in [5, 5.41) is 3.49. The third kappa shape index (κ3) is 4.13. The first kappa shape index (κ1) is 21.6. The van der Waals surface area contributed by atoms with Gasteiger partial charge in [-0.05, 0) is 37.4 Å². The Hall–Kier alpha value is -2.09. The van der Waals surface area contributed by atoms with Crippen molar-refractivity contribution >= 4 is 24.8 Å². The highest BCUT2D eigenvalue weighted by molar-refractivity contribution is 5.85. The first-order valence-corrected chi connectivity index (χ1v) is 9.71. The quantitative estimate of drug-likeness (QED) is 0.666. The zero-order valence-electron chi connectivity index (χ0n) is 16.1. The third-order valence-corrected chi connectivity index (χ3v) is 5.84. The van der Waals surface area contributed by atoms with Crippen LogP contribution in [0.25, 0.3) is 11.4 Å². The Bertz CT molecular complexity index is 997. The molecule has 7 nitrogen and oxygen atoms in total. The first-order chi connectivity index (χ1) is 13.3. The van der Waals surface area contributed by atoms with Gasteiger partial charge in [0.25, 0.3) is 5.56 Å². The van der Waals surface area contributed by atoms with Crippen LogP contribution in [-0.4, -0.2) is 36.8 Å². The van der Waals surface area contributed by atoms with Gasteiger partial charge in [-0.25, -0.2) is 9.97 Å². The number of rotatable bonds is 5. The number of aryl methyl sites for hydroxylation is 2. The van der Waals surface area contributed by atoms with E-state index in [1.807, 2.05) is 29.4 Å². The summed E-state index contributed by atoms with van der Waals surface area (Å²) in [4.78, 5) is 21.8. The Morgan fingerprint density at radius 1 is 1.10 bits per heavy atom. The SMILES string of the molecule is Cl.Cl.O=c1c(-c2nccn2CCCn2ccnc2)ccc2n1C[C@@H]1CNC[C@H]2C1. The van der Waals surface area contributed by atoms with E-state index in [1.54, 1.807) is 12.4 Å². The van der Waals surface area contributed by atoms with E-state index in [4.69, 9.17) is 0 Å². The van der Waals surface area contributed by atoms with Crippen LogP contribution in [0.5, 0.6) is 0 Å². The van der Waals surface area contributed by atoms with Gasteiger partial charge in [0, 0.05) is 62.6 Å². The van der Waals surface area contributed by atoms with Gasteiger partial charge < -0.3 is 19.0 Å². The first-order valence-electron chi connectivity index (χ1n) is 9.71. The molecule has 0 unspecified atom stereocenters. The van der Waals surface area contributed by atoms with Crippen LogP contribution in [0, 0.1) is 5.92 Å². The van der Waals surface area contributed by atoms with E-state index < -0.39 is 0 Å². The molecule has 2 aliphatic heterocycles. The number of nitrogens with one attached hydrogen (secondary N) is 1. The van der Waals surface area contributed by atoms with Crippen LogP contribution < -0.4 is 10.9 Å². The summed E-state index contributed by atoms with van der Waals surface area (Å²) in [6.45, 7) is 4.52. The van der Waals surface area contributed by atoms with Crippen LogP contribution in [0.3, 0.4) is 0 Å². The largest absolute Gasteiger partial charge is 0.337 e. The number of pyridine rings is 1. The lowest BCUT2D eigenvalue weighted by Crippen LogP contribution is -2.45. The fourth-order valence-corrected chi connectivity index (χ4v) is 4.54. The Kier molecular flexibility index (Phi) is 6.82. The number of hydrogen-bond acceptors (Lipinski definition) is 4. The van der Waals surface area contributed by atoms with Crippen molar-refractivity contribution in [3.8, 4) is 11.4 Å². The number of nitrogens with zero attached hydrogens (tertiary/aromatic N) is 5. The molecule has 1 fully saturated rings. The zero-order chi connectivity index (χ0) is 18.2. The molecule has 0 amide bonds. The number of fused-ring (bicyclic) bond motifs is 4. The predicted molar refractivity (Wildman–Crippen MR) is 117 cm³/mol. The molecule has 0 aromatic carbocycles. The second-order valence-electron chi connectivity index (χ2n) is 7.64. The normalized spacial score (nSPS) is 19.7.